The number of alkyl halides is 3. The maximum atomic E-state index is 14.5. The van der Waals surface area contributed by atoms with E-state index in [4.69, 9.17) is 11.6 Å². The summed E-state index contributed by atoms with van der Waals surface area (Å²) >= 11 is 5.83. The zero-order valence-electron chi connectivity index (χ0n) is 16.0. The number of halogens is 5. The van der Waals surface area contributed by atoms with E-state index < -0.39 is 28.5 Å². The molecule has 1 unspecified atom stereocenters. The molecule has 1 heterocycles. The first kappa shape index (κ1) is 22.6. The van der Waals surface area contributed by atoms with Gasteiger partial charge in [0.05, 0.1) is 16.5 Å². The third-order valence-electron chi connectivity index (χ3n) is 4.78. The van der Waals surface area contributed by atoms with Crippen LogP contribution in [0.25, 0.3) is 0 Å². The van der Waals surface area contributed by atoms with E-state index in [2.05, 4.69) is 0 Å². The van der Waals surface area contributed by atoms with Crippen molar-refractivity contribution in [3.63, 3.8) is 0 Å². The molecule has 0 spiro atoms. The molecule has 0 aromatic heterocycles. The lowest BCUT2D eigenvalue weighted by atomic mass is 10.1. The summed E-state index contributed by atoms with van der Waals surface area (Å²) in [4.78, 5) is 15.8. The minimum atomic E-state index is -4.58. The standard InChI is InChI=1S/C20H19ClF4N2O2S/c1-13-10-16(22)17(11-18(13)30(29)12-20(23,24)25)26-6-8-27(9-7-26)19(28)14-2-4-15(21)5-3-14/h2-5,10-11H,6-9,12H2,1H3. The van der Waals surface area contributed by atoms with Gasteiger partial charge in [-0.2, -0.15) is 13.2 Å². The quantitative estimate of drug-likeness (QED) is 0.632. The Morgan fingerprint density at radius 1 is 1.10 bits per heavy atom. The Bertz CT molecular complexity index is 959. The normalized spacial score (nSPS) is 15.9. The van der Waals surface area contributed by atoms with Crippen molar-refractivity contribution in [2.45, 2.75) is 18.0 Å². The first-order valence-electron chi connectivity index (χ1n) is 9.10. The molecule has 0 bridgehead atoms. The Morgan fingerprint density at radius 2 is 1.70 bits per heavy atom. The first-order chi connectivity index (χ1) is 14.0. The summed E-state index contributed by atoms with van der Waals surface area (Å²) in [6, 6.07) is 8.82. The Morgan fingerprint density at radius 3 is 2.27 bits per heavy atom. The highest BCUT2D eigenvalue weighted by Crippen LogP contribution is 2.29. The number of hydrogen-bond donors (Lipinski definition) is 0. The van der Waals surface area contributed by atoms with Crippen LogP contribution in [0.1, 0.15) is 15.9 Å². The van der Waals surface area contributed by atoms with Crippen molar-refractivity contribution < 1.29 is 26.6 Å². The van der Waals surface area contributed by atoms with Crippen molar-refractivity contribution >= 4 is 34.0 Å². The lowest BCUT2D eigenvalue weighted by Crippen LogP contribution is -2.49. The van der Waals surface area contributed by atoms with Gasteiger partial charge >= 0.3 is 6.18 Å². The number of carbonyl (C=O) groups is 1. The van der Waals surface area contributed by atoms with E-state index >= 15 is 0 Å². The zero-order chi connectivity index (χ0) is 22.1. The molecule has 1 amide bonds. The van der Waals surface area contributed by atoms with Crippen molar-refractivity contribution in [2.24, 2.45) is 0 Å². The number of hydrogen-bond acceptors (Lipinski definition) is 3. The first-order valence-corrected chi connectivity index (χ1v) is 10.8. The highest BCUT2D eigenvalue weighted by Gasteiger charge is 2.32. The molecule has 4 nitrogen and oxygen atoms in total. The van der Waals surface area contributed by atoms with Gasteiger partial charge in [0.1, 0.15) is 11.6 Å². The number of carbonyl (C=O) groups excluding carboxylic acids is 1. The van der Waals surface area contributed by atoms with E-state index in [1.54, 1.807) is 34.1 Å². The molecule has 30 heavy (non-hydrogen) atoms. The van der Waals surface area contributed by atoms with Crippen molar-refractivity contribution in [1.29, 1.82) is 0 Å². The molecule has 1 saturated heterocycles. The van der Waals surface area contributed by atoms with E-state index in [0.717, 1.165) is 6.07 Å². The maximum Gasteiger partial charge on any atom is 0.400 e. The van der Waals surface area contributed by atoms with Gasteiger partial charge in [-0.05, 0) is 48.9 Å². The van der Waals surface area contributed by atoms with Gasteiger partial charge in [-0.3, -0.25) is 9.00 Å². The largest absolute Gasteiger partial charge is 0.400 e. The predicted octanol–water partition coefficient (Wildman–Crippen LogP) is 4.42. The Hall–Kier alpha value is -2.13. The van der Waals surface area contributed by atoms with Gasteiger partial charge in [-0.25, -0.2) is 4.39 Å². The molecule has 0 saturated carbocycles. The van der Waals surface area contributed by atoms with E-state index in [0.29, 0.717) is 36.8 Å². The van der Waals surface area contributed by atoms with Crippen LogP contribution in [0.2, 0.25) is 5.02 Å². The van der Waals surface area contributed by atoms with Crippen LogP contribution in [0.3, 0.4) is 0 Å². The average molecular weight is 463 g/mol. The Labute approximate surface area is 178 Å². The van der Waals surface area contributed by atoms with Gasteiger partial charge in [0.2, 0.25) is 0 Å². The topological polar surface area (TPSA) is 40.6 Å². The maximum absolute atomic E-state index is 14.5. The Kier molecular flexibility index (Phi) is 6.71. The SMILES string of the molecule is Cc1cc(F)c(N2CCN(C(=O)c3ccc(Cl)cc3)CC2)cc1S(=O)CC(F)(F)F. The highest BCUT2D eigenvalue weighted by atomic mass is 35.5. The van der Waals surface area contributed by atoms with Crippen LogP contribution < -0.4 is 4.90 Å². The number of aryl methyl sites for hydroxylation is 1. The summed E-state index contributed by atoms with van der Waals surface area (Å²) in [5.74, 6) is -2.26. The summed E-state index contributed by atoms with van der Waals surface area (Å²) in [7, 11) is -2.32. The van der Waals surface area contributed by atoms with Gasteiger partial charge in [-0.1, -0.05) is 11.6 Å². The molecule has 1 atom stereocenters. The lowest BCUT2D eigenvalue weighted by Gasteiger charge is -2.36. The lowest BCUT2D eigenvalue weighted by molar-refractivity contribution is -0.105. The molecule has 0 N–H and O–H groups in total. The minimum absolute atomic E-state index is 0.0385. The van der Waals surface area contributed by atoms with E-state index in [1.807, 2.05) is 0 Å². The number of amides is 1. The Balaban J connectivity index is 1.73. The highest BCUT2D eigenvalue weighted by molar-refractivity contribution is 7.85. The predicted molar refractivity (Wildman–Crippen MR) is 108 cm³/mol. The second kappa shape index (κ2) is 8.93. The van der Waals surface area contributed by atoms with Gasteiger partial charge < -0.3 is 9.80 Å². The molecule has 10 heteroatoms. The summed E-state index contributed by atoms with van der Waals surface area (Å²) in [5, 5.41) is 0.518. The van der Waals surface area contributed by atoms with Gasteiger partial charge in [0.15, 0.2) is 0 Å². The molecule has 0 radical (unpaired) electrons. The van der Waals surface area contributed by atoms with Crippen LogP contribution >= 0.6 is 11.6 Å². The number of benzene rings is 2. The molecule has 2 aromatic rings. The summed E-state index contributed by atoms with van der Waals surface area (Å²) in [6.45, 7) is 2.65. The summed E-state index contributed by atoms with van der Waals surface area (Å²) in [5.41, 5.74) is 0.777. The fourth-order valence-electron chi connectivity index (χ4n) is 3.28. The zero-order valence-corrected chi connectivity index (χ0v) is 17.6. The van der Waals surface area contributed by atoms with Crippen LogP contribution in [-0.4, -0.2) is 53.1 Å². The van der Waals surface area contributed by atoms with Crippen molar-refractivity contribution in [1.82, 2.24) is 4.90 Å². The second-order valence-corrected chi connectivity index (χ2v) is 8.82. The molecule has 1 aliphatic heterocycles. The molecule has 1 fully saturated rings. The fourth-order valence-corrected chi connectivity index (χ4v) is 4.52. The van der Waals surface area contributed by atoms with Crippen molar-refractivity contribution in [3.8, 4) is 0 Å². The molecule has 162 valence electrons. The number of piperazine rings is 1. The van der Waals surface area contributed by atoms with Crippen LogP contribution in [0.4, 0.5) is 23.2 Å². The van der Waals surface area contributed by atoms with Gasteiger partial charge in [-0.15, -0.1) is 0 Å². The average Bonchev–Trinajstić information content (AvgIpc) is 2.67. The summed E-state index contributed by atoms with van der Waals surface area (Å²) in [6.07, 6.45) is -4.58. The smallest absolute Gasteiger partial charge is 0.366 e. The number of rotatable bonds is 4. The van der Waals surface area contributed by atoms with Crippen LogP contribution in [-0.2, 0) is 10.8 Å². The minimum Gasteiger partial charge on any atom is -0.366 e. The van der Waals surface area contributed by atoms with Gasteiger partial charge in [0, 0.05) is 41.7 Å². The number of anilines is 1. The van der Waals surface area contributed by atoms with E-state index in [9.17, 15) is 26.6 Å². The van der Waals surface area contributed by atoms with Crippen molar-refractivity contribution in [3.05, 3.63) is 58.4 Å². The second-order valence-electron chi connectivity index (χ2n) is 6.96. The molecule has 0 aliphatic carbocycles. The van der Waals surface area contributed by atoms with E-state index in [-0.39, 0.29) is 22.1 Å². The number of nitrogens with zero attached hydrogens (tertiary/aromatic N) is 2. The van der Waals surface area contributed by atoms with Gasteiger partial charge in [0.25, 0.3) is 5.91 Å². The summed E-state index contributed by atoms with van der Waals surface area (Å²) < 4.78 is 64.5. The monoisotopic (exact) mass is 462 g/mol. The van der Waals surface area contributed by atoms with Crippen LogP contribution in [0.15, 0.2) is 41.3 Å². The van der Waals surface area contributed by atoms with Crippen molar-refractivity contribution in [2.75, 3.05) is 36.8 Å². The molecular formula is C20H19ClF4N2O2S. The molecule has 1 aliphatic rings. The molecule has 2 aromatic carbocycles. The molecule has 3 rings (SSSR count). The molecular weight excluding hydrogens is 444 g/mol. The van der Waals surface area contributed by atoms with E-state index in [1.165, 1.54) is 13.0 Å². The third kappa shape index (κ3) is 5.31. The van der Waals surface area contributed by atoms with Crippen LogP contribution in [0.5, 0.6) is 0 Å². The third-order valence-corrected chi connectivity index (χ3v) is 6.56. The van der Waals surface area contributed by atoms with Crippen LogP contribution in [0, 0.1) is 12.7 Å². The fraction of sp³-hybridized carbons (Fsp3) is 0.350.